The van der Waals surface area contributed by atoms with Gasteiger partial charge in [-0.15, -0.1) is 0 Å². The quantitative estimate of drug-likeness (QED) is 0.392. The normalized spacial score (nSPS) is 7.60. The Bertz CT molecular complexity index is 38.6. The first-order valence-corrected chi connectivity index (χ1v) is 14.0. The molecule has 0 fully saturated rings. The zero-order valence-electron chi connectivity index (χ0n) is 6.71. The largest absolute Gasteiger partial charge is 0.552 e. The Kier molecular flexibility index (Phi) is 25.6. The van der Waals surface area contributed by atoms with Crippen LogP contribution in [0.2, 0.25) is 0 Å². The third-order valence-electron chi connectivity index (χ3n) is 1.10. The summed E-state index contributed by atoms with van der Waals surface area (Å²) in [7, 11) is 0. The van der Waals surface area contributed by atoms with Crippen LogP contribution in [0.3, 0.4) is 0 Å². The van der Waals surface area contributed by atoms with Crippen LogP contribution in [0, 0.1) is 6.92 Å². The summed E-state index contributed by atoms with van der Waals surface area (Å²) in [5.74, 6) is 0. The van der Waals surface area contributed by atoms with Gasteiger partial charge < -0.3 is 0 Å². The highest BCUT2D eigenvalue weighted by Crippen LogP contribution is 1.99. The molecule has 0 rings (SSSR count). The van der Waals surface area contributed by atoms with Crippen LogP contribution in [-0.4, -0.2) is 12.6 Å². The minimum Gasteiger partial charge on any atom is -0.276 e. The van der Waals surface area contributed by atoms with Gasteiger partial charge in [-0.2, -0.15) is 0 Å². The summed E-state index contributed by atoms with van der Waals surface area (Å²) in [6, 6.07) is 0. The monoisotopic (exact) mass is 377 g/mol. The lowest BCUT2D eigenvalue weighted by molar-refractivity contribution is 0.673. The van der Waals surface area contributed by atoms with Gasteiger partial charge in [-0.25, -0.2) is 0 Å². The highest BCUT2D eigenvalue weighted by molar-refractivity contribution is 14.3. The van der Waals surface area contributed by atoms with E-state index in [1.165, 1.54) is 25.7 Å². The molecule has 0 spiro atoms. The van der Waals surface area contributed by atoms with E-state index in [1.807, 2.05) is 0 Å². The van der Waals surface area contributed by atoms with E-state index >= 15 is 0 Å². The van der Waals surface area contributed by atoms with Crippen LogP contribution in [0.1, 0.15) is 39.0 Å². The smallest absolute Gasteiger partial charge is 0.276 e. The minimum absolute atomic E-state index is 0.357. The molecule has 0 N–H and O–H groups in total. The van der Waals surface area contributed by atoms with Gasteiger partial charge in [0.15, 0.2) is 0 Å². The Morgan fingerprint density at radius 1 is 1.20 bits per heavy atom. The van der Waals surface area contributed by atoms with E-state index in [2.05, 4.69) is 51.5 Å². The van der Waals surface area contributed by atoms with E-state index in [9.17, 15) is 0 Å². The molecule has 0 aromatic heterocycles. The van der Waals surface area contributed by atoms with E-state index in [-0.39, 0.29) is 0 Å². The molecular weight excluding hydrogens is 362 g/mol. The molecule has 59 valence electrons. The fourth-order valence-corrected chi connectivity index (χ4v) is 0.604. The summed E-state index contributed by atoms with van der Waals surface area (Å²) in [5, 5.41) is 0. The molecule has 0 aliphatic carbocycles. The maximum absolute atomic E-state index is 3.76. The van der Waals surface area contributed by atoms with Crippen LogP contribution < -0.4 is 0 Å². The molecule has 0 bridgehead atoms. The number of rotatable bonds is 4. The third kappa shape index (κ3) is 22.5. The Labute approximate surface area is 94.8 Å². The van der Waals surface area contributed by atoms with Crippen molar-refractivity contribution in [1.82, 2.24) is 0 Å². The zero-order valence-corrected chi connectivity index (χ0v) is 12.4. The first-order valence-electron chi connectivity index (χ1n) is 3.74. The van der Waals surface area contributed by atoms with Crippen molar-refractivity contribution in [2.45, 2.75) is 39.0 Å². The summed E-state index contributed by atoms with van der Waals surface area (Å²) in [4.78, 5) is 0. The van der Waals surface area contributed by atoms with Gasteiger partial charge in [-0.1, -0.05) is 46.0 Å². The van der Waals surface area contributed by atoms with Crippen molar-refractivity contribution in [3.8, 4) is 0 Å². The van der Waals surface area contributed by atoms with E-state index in [0.717, 1.165) is 6.42 Å². The van der Waals surface area contributed by atoms with Crippen LogP contribution in [-0.2, 0) is 0 Å². The topological polar surface area (TPSA) is 0 Å². The SMILES string of the molecule is [CH2]CCCCCC.[I][Mg][I]. The first kappa shape index (κ1) is 14.7. The fourth-order valence-electron chi connectivity index (χ4n) is 0.604. The average Bonchev–Trinajstić information content (AvgIpc) is 1.91. The Balaban J connectivity index is 0. The van der Waals surface area contributed by atoms with Crippen molar-refractivity contribution in [3.63, 3.8) is 0 Å². The Hall–Kier alpha value is 2.23. The van der Waals surface area contributed by atoms with E-state index in [1.54, 1.807) is 0 Å². The molecule has 0 aromatic rings. The van der Waals surface area contributed by atoms with Crippen LogP contribution in [0.15, 0.2) is 0 Å². The highest BCUT2D eigenvalue weighted by atomic mass is 127. The molecule has 3 heteroatoms. The van der Waals surface area contributed by atoms with Gasteiger partial charge in [0, 0.05) is 0 Å². The van der Waals surface area contributed by atoms with Crippen LogP contribution in [0.4, 0.5) is 0 Å². The molecule has 10 heavy (non-hydrogen) atoms. The van der Waals surface area contributed by atoms with Gasteiger partial charge in [0.05, 0.1) is 0 Å². The van der Waals surface area contributed by atoms with Gasteiger partial charge in [0.25, 0.3) is 0 Å². The molecule has 0 aliphatic heterocycles. The number of unbranched alkanes of at least 4 members (excludes halogenated alkanes) is 4. The molecule has 0 unspecified atom stereocenters. The second-order valence-electron chi connectivity index (χ2n) is 2.02. The Morgan fingerprint density at radius 3 is 2.00 bits per heavy atom. The second-order valence-corrected chi connectivity index (χ2v) is 15.6. The average molecular weight is 377 g/mol. The molecule has 0 saturated carbocycles. The van der Waals surface area contributed by atoms with E-state index in [4.69, 9.17) is 0 Å². The van der Waals surface area contributed by atoms with Crippen LogP contribution >= 0.6 is 37.7 Å². The van der Waals surface area contributed by atoms with E-state index < -0.39 is 0 Å². The van der Waals surface area contributed by atoms with E-state index in [0.29, 0.717) is 12.6 Å². The molecule has 1 radical (unpaired) electrons. The van der Waals surface area contributed by atoms with Crippen molar-refractivity contribution >= 4 is 50.3 Å². The summed E-state index contributed by atoms with van der Waals surface area (Å²) < 4.78 is 0. The minimum atomic E-state index is 0.357. The first-order chi connectivity index (χ1) is 4.83. The molecule has 0 heterocycles. The molecule has 0 aromatic carbocycles. The standard InChI is InChI=1S/C7H15.2HI.Mg/c1-3-5-7-6-4-2;;;/h1,3-7H2,2H3;2*1H;/q;;;+2/p-2. The Morgan fingerprint density at radius 2 is 1.70 bits per heavy atom. The molecule has 0 saturated heterocycles. The number of hydrogen-bond donors (Lipinski definition) is 0. The zero-order chi connectivity index (χ0) is 8.24. The van der Waals surface area contributed by atoms with Gasteiger partial charge in [0.2, 0.25) is 0 Å². The second kappa shape index (κ2) is 17.3. The molecule has 0 amide bonds. The van der Waals surface area contributed by atoms with Gasteiger partial charge in [-0.05, 0) is 0 Å². The summed E-state index contributed by atoms with van der Waals surface area (Å²) in [6.07, 6.45) is 6.52. The number of hydrogen-bond acceptors (Lipinski definition) is 0. The fraction of sp³-hybridized carbons (Fsp3) is 0.857. The number of halogens is 2. The lowest BCUT2D eigenvalue weighted by atomic mass is 10.2. The predicted molar refractivity (Wildman–Crippen MR) is 67.9 cm³/mol. The van der Waals surface area contributed by atoms with Crippen LogP contribution in [0.25, 0.3) is 0 Å². The lowest BCUT2D eigenvalue weighted by Crippen LogP contribution is -1.71. The summed E-state index contributed by atoms with van der Waals surface area (Å²) >= 11 is 5.18. The predicted octanol–water partition coefficient (Wildman–Crippen LogP) is 4.18. The van der Waals surface area contributed by atoms with Gasteiger partial charge in [0.1, 0.15) is 0 Å². The van der Waals surface area contributed by atoms with Crippen molar-refractivity contribution < 1.29 is 0 Å². The van der Waals surface area contributed by atoms with Crippen molar-refractivity contribution in [2.75, 3.05) is 0 Å². The molecule has 0 aliphatic rings. The summed E-state index contributed by atoms with van der Waals surface area (Å²) in [6.45, 7) is 5.98. The maximum atomic E-state index is 3.76. The lowest BCUT2D eigenvalue weighted by Gasteiger charge is -1.90. The van der Waals surface area contributed by atoms with Crippen molar-refractivity contribution in [3.05, 3.63) is 6.92 Å². The highest BCUT2D eigenvalue weighted by Gasteiger charge is 1.80. The van der Waals surface area contributed by atoms with Crippen LogP contribution in [0.5, 0.6) is 0 Å². The molecule has 0 nitrogen and oxygen atoms in total. The van der Waals surface area contributed by atoms with Crippen molar-refractivity contribution in [2.24, 2.45) is 0 Å². The third-order valence-corrected chi connectivity index (χ3v) is 1.10. The molecule has 0 atom stereocenters. The van der Waals surface area contributed by atoms with Gasteiger partial charge >= 0.3 is 12.6 Å². The van der Waals surface area contributed by atoms with Crippen molar-refractivity contribution in [1.29, 1.82) is 0 Å². The maximum Gasteiger partial charge on any atom is 0.552 e. The summed E-state index contributed by atoms with van der Waals surface area (Å²) in [5.41, 5.74) is 0. The van der Waals surface area contributed by atoms with Gasteiger partial charge in [-0.3, -0.25) is 37.7 Å². The molecular formula is C7H15I2Mg.